The summed E-state index contributed by atoms with van der Waals surface area (Å²) in [5, 5.41) is 13.7. The Hall–Kier alpha value is -4.10. The molecule has 3 N–H and O–H groups in total. The van der Waals surface area contributed by atoms with Crippen molar-refractivity contribution in [1.29, 1.82) is 0 Å². The Morgan fingerprint density at radius 3 is 2.65 bits per heavy atom. The van der Waals surface area contributed by atoms with Gasteiger partial charge in [0.25, 0.3) is 0 Å². The number of aromatic nitrogens is 4. The zero-order valence-corrected chi connectivity index (χ0v) is 21.1. The number of likely N-dealkylation sites (N-methyl/N-ethyl adjacent to an activating group) is 1. The van der Waals surface area contributed by atoms with E-state index in [-0.39, 0.29) is 0 Å². The maximum atomic E-state index is 4.71. The van der Waals surface area contributed by atoms with Crippen molar-refractivity contribution in [2.45, 2.75) is 12.8 Å². The second kappa shape index (κ2) is 8.78. The molecule has 2 fully saturated rings. The van der Waals surface area contributed by atoms with Gasteiger partial charge in [-0.1, -0.05) is 18.7 Å². The Morgan fingerprint density at radius 2 is 1.81 bits per heavy atom. The molecule has 0 bridgehead atoms. The quantitative estimate of drug-likeness (QED) is 0.279. The highest BCUT2D eigenvalue weighted by molar-refractivity contribution is 6.01. The number of aromatic amines is 2. The third kappa shape index (κ3) is 4.15. The first kappa shape index (κ1) is 22.1. The Labute approximate surface area is 216 Å². The van der Waals surface area contributed by atoms with Crippen molar-refractivity contribution in [3.63, 3.8) is 0 Å². The summed E-state index contributed by atoms with van der Waals surface area (Å²) in [5.74, 6) is 0.599. The minimum absolute atomic E-state index is 0.599. The van der Waals surface area contributed by atoms with Gasteiger partial charge < -0.3 is 20.1 Å². The van der Waals surface area contributed by atoms with Crippen LogP contribution in [0.15, 0.2) is 73.2 Å². The maximum absolute atomic E-state index is 4.71. The van der Waals surface area contributed by atoms with Crippen LogP contribution in [0, 0.1) is 5.92 Å². The van der Waals surface area contributed by atoms with E-state index < -0.39 is 0 Å². The molecule has 1 saturated carbocycles. The van der Waals surface area contributed by atoms with Gasteiger partial charge in [0.2, 0.25) is 0 Å². The van der Waals surface area contributed by atoms with Crippen LogP contribution in [0.2, 0.25) is 0 Å². The summed E-state index contributed by atoms with van der Waals surface area (Å²) in [6.07, 6.45) is 6.23. The van der Waals surface area contributed by atoms with Gasteiger partial charge in [-0.2, -0.15) is 5.10 Å². The van der Waals surface area contributed by atoms with Crippen LogP contribution in [0.3, 0.4) is 0 Å². The zero-order chi connectivity index (χ0) is 24.9. The van der Waals surface area contributed by atoms with Crippen molar-refractivity contribution in [3.05, 3.63) is 73.2 Å². The molecule has 2 aliphatic rings. The van der Waals surface area contributed by atoms with Gasteiger partial charge in [0, 0.05) is 65.6 Å². The first-order valence-electron chi connectivity index (χ1n) is 13.1. The molecule has 3 aromatic heterocycles. The van der Waals surface area contributed by atoms with Gasteiger partial charge in [-0.3, -0.25) is 10.1 Å². The molecule has 5 aromatic rings. The first-order chi connectivity index (χ1) is 18.1. The molecule has 7 nitrogen and oxygen atoms in total. The predicted octanol–water partition coefficient (Wildman–Crippen LogP) is 5.86. The molecule has 0 atom stereocenters. The molecule has 0 spiro atoms. The Balaban J connectivity index is 1.24. The Morgan fingerprint density at radius 1 is 0.946 bits per heavy atom. The van der Waals surface area contributed by atoms with Gasteiger partial charge >= 0.3 is 0 Å². The number of benzene rings is 2. The van der Waals surface area contributed by atoms with E-state index in [1.54, 1.807) is 0 Å². The summed E-state index contributed by atoms with van der Waals surface area (Å²) in [6.45, 7) is 8.44. The van der Waals surface area contributed by atoms with Crippen molar-refractivity contribution < 1.29 is 0 Å². The molecule has 4 heterocycles. The van der Waals surface area contributed by atoms with Crippen molar-refractivity contribution in [2.24, 2.45) is 5.92 Å². The van der Waals surface area contributed by atoms with E-state index in [0.29, 0.717) is 5.92 Å². The lowest BCUT2D eigenvalue weighted by Crippen LogP contribution is -2.44. The number of allylic oxidation sites excluding steroid dienone is 1. The number of hydrogen-bond acceptors (Lipinski definition) is 5. The molecule has 37 heavy (non-hydrogen) atoms. The van der Waals surface area contributed by atoms with Crippen LogP contribution in [-0.2, 0) is 0 Å². The van der Waals surface area contributed by atoms with E-state index >= 15 is 0 Å². The molecule has 186 valence electrons. The zero-order valence-electron chi connectivity index (χ0n) is 21.1. The first-order valence-corrected chi connectivity index (χ1v) is 13.1. The number of anilines is 2. The monoisotopic (exact) mass is 489 g/mol. The van der Waals surface area contributed by atoms with Crippen LogP contribution in [0.5, 0.6) is 0 Å². The van der Waals surface area contributed by atoms with Crippen LogP contribution < -0.4 is 10.2 Å². The number of H-pyrrole nitrogens is 2. The fraction of sp³-hybridized carbons (Fsp3) is 0.267. The van der Waals surface area contributed by atoms with E-state index in [2.05, 4.69) is 92.3 Å². The SMILES string of the molecule is C=C(Nc1cncc(-c2ccc3[nH]nc(-c4cc5c(N6CCN(C)CC6)cccc5[nH]4)c3c2)c1)C1CC1. The van der Waals surface area contributed by atoms with E-state index in [1.165, 1.54) is 23.9 Å². The number of rotatable bonds is 6. The molecule has 1 saturated heterocycles. The van der Waals surface area contributed by atoms with Gasteiger partial charge in [0.05, 0.1) is 23.1 Å². The molecule has 0 unspecified atom stereocenters. The molecule has 7 rings (SSSR count). The summed E-state index contributed by atoms with van der Waals surface area (Å²) in [5.41, 5.74) is 9.64. The molecule has 7 heteroatoms. The van der Waals surface area contributed by atoms with Gasteiger partial charge in [-0.15, -0.1) is 0 Å². The molecular formula is C30H31N7. The molecule has 0 amide bonds. The van der Waals surface area contributed by atoms with Crippen molar-refractivity contribution in [1.82, 2.24) is 25.1 Å². The van der Waals surface area contributed by atoms with Crippen LogP contribution in [0.25, 0.3) is 44.3 Å². The fourth-order valence-corrected chi connectivity index (χ4v) is 5.37. The molecular weight excluding hydrogens is 458 g/mol. The van der Waals surface area contributed by atoms with E-state index in [1.807, 2.05) is 12.4 Å². The van der Waals surface area contributed by atoms with Crippen molar-refractivity contribution in [2.75, 3.05) is 43.4 Å². The van der Waals surface area contributed by atoms with Gasteiger partial charge in [0.1, 0.15) is 5.69 Å². The molecule has 1 aliphatic carbocycles. The summed E-state index contributed by atoms with van der Waals surface area (Å²) in [6, 6.07) is 17.4. The number of nitrogens with zero attached hydrogens (tertiary/aromatic N) is 4. The normalized spacial score (nSPS) is 16.5. The highest BCUT2D eigenvalue weighted by atomic mass is 15.2. The second-order valence-electron chi connectivity index (χ2n) is 10.4. The summed E-state index contributed by atoms with van der Waals surface area (Å²) < 4.78 is 0. The van der Waals surface area contributed by atoms with Crippen LogP contribution in [0.4, 0.5) is 11.4 Å². The summed E-state index contributed by atoms with van der Waals surface area (Å²) in [7, 11) is 2.19. The van der Waals surface area contributed by atoms with E-state index in [9.17, 15) is 0 Å². The van der Waals surface area contributed by atoms with Crippen molar-refractivity contribution in [3.8, 4) is 22.5 Å². The topological polar surface area (TPSA) is 75.9 Å². The number of hydrogen-bond donors (Lipinski definition) is 3. The van der Waals surface area contributed by atoms with E-state index in [0.717, 1.165) is 76.5 Å². The maximum Gasteiger partial charge on any atom is 0.116 e. The third-order valence-corrected chi connectivity index (χ3v) is 7.75. The lowest BCUT2D eigenvalue weighted by molar-refractivity contribution is 0.313. The number of nitrogens with one attached hydrogen (secondary N) is 3. The fourth-order valence-electron chi connectivity index (χ4n) is 5.37. The average molecular weight is 490 g/mol. The van der Waals surface area contributed by atoms with Gasteiger partial charge in [0.15, 0.2) is 0 Å². The second-order valence-corrected chi connectivity index (χ2v) is 10.4. The summed E-state index contributed by atoms with van der Waals surface area (Å²) >= 11 is 0. The highest BCUT2D eigenvalue weighted by Crippen LogP contribution is 2.37. The smallest absolute Gasteiger partial charge is 0.116 e. The largest absolute Gasteiger partial charge is 0.368 e. The standard InChI is InChI=1S/C30H31N7/c1-19(20-6-7-20)32-23-14-22(17-31-18-23)21-8-9-27-25(15-21)30(35-34-27)28-16-24-26(33-28)4-3-5-29(24)37-12-10-36(2)11-13-37/h3-5,8-9,14-18,20,32-33H,1,6-7,10-13H2,2H3,(H,34,35). The molecule has 0 radical (unpaired) electrons. The number of pyridine rings is 1. The lowest BCUT2D eigenvalue weighted by Gasteiger charge is -2.34. The average Bonchev–Trinajstić information content (AvgIpc) is 3.55. The van der Waals surface area contributed by atoms with Crippen LogP contribution in [0.1, 0.15) is 12.8 Å². The molecule has 2 aromatic carbocycles. The number of fused-ring (bicyclic) bond motifs is 2. The van der Waals surface area contributed by atoms with Gasteiger partial charge in [-0.25, -0.2) is 0 Å². The lowest BCUT2D eigenvalue weighted by atomic mass is 10.0. The highest BCUT2D eigenvalue weighted by Gasteiger charge is 2.24. The summed E-state index contributed by atoms with van der Waals surface area (Å²) in [4.78, 5) is 13.0. The Bertz CT molecular complexity index is 1620. The van der Waals surface area contributed by atoms with Crippen LogP contribution >= 0.6 is 0 Å². The van der Waals surface area contributed by atoms with E-state index in [4.69, 9.17) is 5.10 Å². The minimum atomic E-state index is 0.599. The van der Waals surface area contributed by atoms with Crippen molar-refractivity contribution >= 4 is 33.2 Å². The van der Waals surface area contributed by atoms with Gasteiger partial charge in [-0.05, 0) is 67.8 Å². The predicted molar refractivity (Wildman–Crippen MR) is 152 cm³/mol. The molecule has 1 aliphatic heterocycles. The Kier molecular flexibility index (Phi) is 5.25. The minimum Gasteiger partial charge on any atom is -0.368 e. The number of piperazine rings is 1. The van der Waals surface area contributed by atoms with Crippen LogP contribution in [-0.4, -0.2) is 58.3 Å². The third-order valence-electron chi connectivity index (χ3n) is 7.75.